The van der Waals surface area contributed by atoms with Crippen molar-refractivity contribution >= 4 is 12.1 Å². The highest BCUT2D eigenvalue weighted by Crippen LogP contribution is 2.27. The topological polar surface area (TPSA) is 59.1 Å². The summed E-state index contributed by atoms with van der Waals surface area (Å²) in [7, 11) is 1.36. The van der Waals surface area contributed by atoms with Crippen LogP contribution in [0.2, 0.25) is 0 Å². The van der Waals surface area contributed by atoms with Crippen LogP contribution in [0.15, 0.2) is 0 Å². The highest BCUT2D eigenvalue weighted by atomic mass is 16.6. The molecular formula is C16H28N2O4. The Kier molecular flexibility index (Phi) is 5.32. The van der Waals surface area contributed by atoms with Crippen molar-refractivity contribution in [1.29, 1.82) is 0 Å². The molecule has 0 spiro atoms. The molecule has 2 rings (SSSR count). The van der Waals surface area contributed by atoms with Gasteiger partial charge in [0.15, 0.2) is 0 Å². The third kappa shape index (κ3) is 4.12. The van der Waals surface area contributed by atoms with E-state index in [0.29, 0.717) is 13.0 Å². The van der Waals surface area contributed by atoms with Gasteiger partial charge in [-0.25, -0.2) is 9.59 Å². The standard InChI is InChI=1S/C16H28N2O4/c1-16(2,3)22-15(20)18-11-12(10-13(18)14(19)21-4)17-8-6-5-7-9-17/h12-13H,5-11H2,1-4H3/t12-,13+/m1/s1. The molecule has 0 N–H and O–H groups in total. The molecule has 126 valence electrons. The zero-order valence-corrected chi connectivity index (χ0v) is 14.1. The SMILES string of the molecule is COC(=O)[C@@H]1C[C@@H](N2CCCCC2)CN1C(=O)OC(C)(C)C. The predicted octanol–water partition coefficient (Wildman–Crippen LogP) is 2.02. The Balaban J connectivity index is 2.07. The van der Waals surface area contributed by atoms with Crippen molar-refractivity contribution in [1.82, 2.24) is 9.80 Å². The highest BCUT2D eigenvalue weighted by Gasteiger charge is 2.44. The molecule has 2 fully saturated rings. The van der Waals surface area contributed by atoms with Crippen molar-refractivity contribution in [2.45, 2.75) is 64.1 Å². The molecule has 0 unspecified atom stereocenters. The molecule has 2 heterocycles. The van der Waals surface area contributed by atoms with Crippen molar-refractivity contribution in [3.63, 3.8) is 0 Å². The molecule has 0 aromatic rings. The summed E-state index contributed by atoms with van der Waals surface area (Å²) >= 11 is 0. The maximum absolute atomic E-state index is 12.4. The van der Waals surface area contributed by atoms with Crippen molar-refractivity contribution < 1.29 is 19.1 Å². The Morgan fingerprint density at radius 1 is 1.09 bits per heavy atom. The Morgan fingerprint density at radius 3 is 2.27 bits per heavy atom. The molecule has 2 aliphatic heterocycles. The van der Waals surface area contributed by atoms with E-state index in [2.05, 4.69) is 4.90 Å². The van der Waals surface area contributed by atoms with Crippen molar-refractivity contribution in [3.05, 3.63) is 0 Å². The highest BCUT2D eigenvalue weighted by molar-refractivity contribution is 5.82. The smallest absolute Gasteiger partial charge is 0.411 e. The van der Waals surface area contributed by atoms with Gasteiger partial charge in [0.1, 0.15) is 11.6 Å². The normalized spacial score (nSPS) is 26.8. The molecule has 0 aromatic heterocycles. The van der Waals surface area contributed by atoms with Crippen molar-refractivity contribution in [2.24, 2.45) is 0 Å². The largest absolute Gasteiger partial charge is 0.467 e. The van der Waals surface area contributed by atoms with Crippen LogP contribution in [0.1, 0.15) is 46.5 Å². The van der Waals surface area contributed by atoms with Crippen LogP contribution in [-0.2, 0) is 14.3 Å². The first kappa shape index (κ1) is 17.1. The number of esters is 1. The fourth-order valence-electron chi connectivity index (χ4n) is 3.24. The van der Waals surface area contributed by atoms with E-state index in [1.165, 1.54) is 31.3 Å². The van der Waals surface area contributed by atoms with E-state index in [9.17, 15) is 9.59 Å². The molecule has 0 radical (unpaired) electrons. The Hall–Kier alpha value is -1.30. The number of piperidine rings is 1. The Morgan fingerprint density at radius 2 is 1.73 bits per heavy atom. The molecule has 6 heteroatoms. The number of hydrogen-bond donors (Lipinski definition) is 0. The van der Waals surface area contributed by atoms with Gasteiger partial charge in [0, 0.05) is 12.6 Å². The second-order valence-electron chi connectivity index (χ2n) is 7.16. The predicted molar refractivity (Wildman–Crippen MR) is 82.6 cm³/mol. The van der Waals surface area contributed by atoms with E-state index in [0.717, 1.165) is 13.1 Å². The lowest BCUT2D eigenvalue weighted by Crippen LogP contribution is -2.45. The zero-order chi connectivity index (χ0) is 16.3. The van der Waals surface area contributed by atoms with Gasteiger partial charge in [0.2, 0.25) is 0 Å². The molecule has 2 aliphatic rings. The number of ether oxygens (including phenoxy) is 2. The molecule has 0 aliphatic carbocycles. The summed E-state index contributed by atoms with van der Waals surface area (Å²) in [6.45, 7) is 8.11. The number of carbonyl (C=O) groups excluding carboxylic acids is 2. The molecule has 2 saturated heterocycles. The maximum Gasteiger partial charge on any atom is 0.411 e. The number of hydrogen-bond acceptors (Lipinski definition) is 5. The van der Waals surface area contributed by atoms with Crippen molar-refractivity contribution in [3.8, 4) is 0 Å². The van der Waals surface area contributed by atoms with Crippen LogP contribution in [0.5, 0.6) is 0 Å². The fourth-order valence-corrected chi connectivity index (χ4v) is 3.24. The van der Waals surface area contributed by atoms with Gasteiger partial charge in [-0.2, -0.15) is 0 Å². The summed E-state index contributed by atoms with van der Waals surface area (Å²) in [4.78, 5) is 28.4. The van der Waals surface area contributed by atoms with E-state index in [1.807, 2.05) is 20.8 Å². The van der Waals surface area contributed by atoms with E-state index in [-0.39, 0.29) is 12.0 Å². The fraction of sp³-hybridized carbons (Fsp3) is 0.875. The number of likely N-dealkylation sites (tertiary alicyclic amines) is 2. The van der Waals surface area contributed by atoms with Gasteiger partial charge < -0.3 is 9.47 Å². The second-order valence-corrected chi connectivity index (χ2v) is 7.16. The Bertz CT molecular complexity index is 413. The second kappa shape index (κ2) is 6.86. The van der Waals surface area contributed by atoms with Crippen LogP contribution in [0.3, 0.4) is 0 Å². The van der Waals surface area contributed by atoms with Crippen LogP contribution >= 0.6 is 0 Å². The first-order valence-electron chi connectivity index (χ1n) is 8.13. The average Bonchev–Trinajstić information content (AvgIpc) is 2.91. The molecular weight excluding hydrogens is 284 g/mol. The summed E-state index contributed by atoms with van der Waals surface area (Å²) in [5, 5.41) is 0. The summed E-state index contributed by atoms with van der Waals surface area (Å²) in [6.07, 6.45) is 3.84. The minimum atomic E-state index is -0.568. The summed E-state index contributed by atoms with van der Waals surface area (Å²) in [5.74, 6) is -0.356. The quantitative estimate of drug-likeness (QED) is 0.730. The zero-order valence-electron chi connectivity index (χ0n) is 14.1. The molecule has 0 bridgehead atoms. The van der Waals surface area contributed by atoms with Gasteiger partial charge in [-0.3, -0.25) is 9.80 Å². The number of rotatable bonds is 2. The number of nitrogens with zero attached hydrogens (tertiary/aromatic N) is 2. The number of carbonyl (C=O) groups is 2. The number of amides is 1. The molecule has 2 atom stereocenters. The number of methoxy groups -OCH3 is 1. The van der Waals surface area contributed by atoms with Crippen LogP contribution in [0.25, 0.3) is 0 Å². The van der Waals surface area contributed by atoms with E-state index in [1.54, 1.807) is 0 Å². The minimum absolute atomic E-state index is 0.219. The third-order valence-corrected chi connectivity index (χ3v) is 4.29. The van der Waals surface area contributed by atoms with Crippen LogP contribution < -0.4 is 0 Å². The minimum Gasteiger partial charge on any atom is -0.467 e. The monoisotopic (exact) mass is 312 g/mol. The average molecular weight is 312 g/mol. The van der Waals surface area contributed by atoms with Crippen LogP contribution in [0, 0.1) is 0 Å². The first-order chi connectivity index (χ1) is 10.3. The van der Waals surface area contributed by atoms with Gasteiger partial charge in [-0.15, -0.1) is 0 Å². The van der Waals surface area contributed by atoms with Gasteiger partial charge >= 0.3 is 12.1 Å². The lowest BCUT2D eigenvalue weighted by Gasteiger charge is -2.32. The van der Waals surface area contributed by atoms with E-state index in [4.69, 9.17) is 9.47 Å². The van der Waals surface area contributed by atoms with Gasteiger partial charge in [0.05, 0.1) is 7.11 Å². The summed E-state index contributed by atoms with van der Waals surface area (Å²) < 4.78 is 10.3. The van der Waals surface area contributed by atoms with E-state index < -0.39 is 17.7 Å². The molecule has 0 saturated carbocycles. The molecule has 1 amide bonds. The molecule has 0 aromatic carbocycles. The summed E-state index contributed by atoms with van der Waals surface area (Å²) in [6, 6.07) is -0.316. The lowest BCUT2D eigenvalue weighted by atomic mass is 10.1. The van der Waals surface area contributed by atoms with Gasteiger partial charge in [-0.1, -0.05) is 6.42 Å². The maximum atomic E-state index is 12.4. The van der Waals surface area contributed by atoms with Gasteiger partial charge in [0.25, 0.3) is 0 Å². The Labute approximate surface area is 132 Å². The van der Waals surface area contributed by atoms with Gasteiger partial charge in [-0.05, 0) is 53.1 Å². The molecule has 22 heavy (non-hydrogen) atoms. The van der Waals surface area contributed by atoms with E-state index >= 15 is 0 Å². The first-order valence-corrected chi connectivity index (χ1v) is 8.13. The van der Waals surface area contributed by atoms with Crippen LogP contribution in [-0.4, -0.2) is 66.3 Å². The summed E-state index contributed by atoms with van der Waals surface area (Å²) in [5.41, 5.74) is -0.568. The van der Waals surface area contributed by atoms with Crippen LogP contribution in [0.4, 0.5) is 4.79 Å². The molecule has 6 nitrogen and oxygen atoms in total. The third-order valence-electron chi connectivity index (χ3n) is 4.29. The lowest BCUT2D eigenvalue weighted by molar-refractivity contribution is -0.145. The van der Waals surface area contributed by atoms with Crippen molar-refractivity contribution in [2.75, 3.05) is 26.7 Å².